The summed E-state index contributed by atoms with van der Waals surface area (Å²) in [5, 5.41) is 14.9. The minimum Gasteiger partial charge on any atom is -0.497 e. The average Bonchev–Trinajstić information content (AvgIpc) is 3.19. The predicted molar refractivity (Wildman–Crippen MR) is 108 cm³/mol. The van der Waals surface area contributed by atoms with Crippen LogP contribution < -0.4 is 9.47 Å². The highest BCUT2D eigenvalue weighted by molar-refractivity contribution is 6.03. The largest absolute Gasteiger partial charge is 0.497 e. The Balaban J connectivity index is 1.84. The van der Waals surface area contributed by atoms with Crippen LogP contribution in [0.15, 0.2) is 53.6 Å². The van der Waals surface area contributed by atoms with Crippen molar-refractivity contribution in [2.24, 2.45) is 5.10 Å². The minimum atomic E-state index is -0.909. The van der Waals surface area contributed by atoms with Crippen LogP contribution in [0.5, 0.6) is 11.5 Å². The van der Waals surface area contributed by atoms with Gasteiger partial charge in [0.25, 0.3) is 0 Å². The second-order valence-electron chi connectivity index (χ2n) is 6.75. The quantitative estimate of drug-likeness (QED) is 0.736. The van der Waals surface area contributed by atoms with Crippen LogP contribution in [-0.2, 0) is 9.59 Å². The number of hydrogen-bond donors (Lipinski definition) is 1. The fourth-order valence-electron chi connectivity index (χ4n) is 3.29. The number of methoxy groups -OCH3 is 2. The summed E-state index contributed by atoms with van der Waals surface area (Å²) < 4.78 is 10.4. The fourth-order valence-corrected chi connectivity index (χ4v) is 3.29. The molecule has 1 atom stereocenters. The summed E-state index contributed by atoms with van der Waals surface area (Å²) in [5.41, 5.74) is 2.68. The maximum absolute atomic E-state index is 12.8. The van der Waals surface area contributed by atoms with E-state index in [1.807, 2.05) is 48.5 Å². The summed E-state index contributed by atoms with van der Waals surface area (Å²) in [6.07, 6.45) is 0.955. The Kier molecular flexibility index (Phi) is 6.49. The number of amides is 1. The molecule has 29 heavy (non-hydrogen) atoms. The van der Waals surface area contributed by atoms with E-state index in [-0.39, 0.29) is 31.2 Å². The topological polar surface area (TPSA) is 88.4 Å². The van der Waals surface area contributed by atoms with E-state index in [0.29, 0.717) is 6.42 Å². The third-order valence-corrected chi connectivity index (χ3v) is 4.87. The van der Waals surface area contributed by atoms with Crippen LogP contribution in [0.4, 0.5) is 0 Å². The molecule has 0 bridgehead atoms. The summed E-state index contributed by atoms with van der Waals surface area (Å²) in [5.74, 6) is 0.395. The van der Waals surface area contributed by atoms with Crippen molar-refractivity contribution >= 4 is 17.6 Å². The molecule has 2 aromatic carbocycles. The lowest BCUT2D eigenvalue weighted by Gasteiger charge is -2.22. The Labute approximate surface area is 169 Å². The van der Waals surface area contributed by atoms with Crippen LogP contribution in [0.3, 0.4) is 0 Å². The van der Waals surface area contributed by atoms with Gasteiger partial charge in [0.15, 0.2) is 0 Å². The van der Waals surface area contributed by atoms with E-state index >= 15 is 0 Å². The Morgan fingerprint density at radius 1 is 1.00 bits per heavy atom. The number of carboxylic acids is 1. The van der Waals surface area contributed by atoms with Gasteiger partial charge >= 0.3 is 5.97 Å². The summed E-state index contributed by atoms with van der Waals surface area (Å²) >= 11 is 0. The zero-order valence-corrected chi connectivity index (χ0v) is 16.5. The molecule has 2 aromatic rings. The molecule has 3 rings (SSSR count). The first-order chi connectivity index (χ1) is 14.0. The molecule has 1 unspecified atom stereocenters. The van der Waals surface area contributed by atoms with Gasteiger partial charge in [-0.05, 0) is 53.9 Å². The van der Waals surface area contributed by atoms with E-state index in [0.717, 1.165) is 28.3 Å². The molecule has 1 amide bonds. The number of hydrazone groups is 1. The van der Waals surface area contributed by atoms with Gasteiger partial charge in [0.2, 0.25) is 5.91 Å². The number of carbonyl (C=O) groups is 2. The Morgan fingerprint density at radius 2 is 1.59 bits per heavy atom. The molecule has 7 heteroatoms. The Morgan fingerprint density at radius 3 is 2.14 bits per heavy atom. The van der Waals surface area contributed by atoms with E-state index in [4.69, 9.17) is 14.6 Å². The third-order valence-electron chi connectivity index (χ3n) is 4.87. The van der Waals surface area contributed by atoms with Crippen LogP contribution in [0.2, 0.25) is 0 Å². The zero-order valence-electron chi connectivity index (χ0n) is 16.5. The smallest absolute Gasteiger partial charge is 0.303 e. The van der Waals surface area contributed by atoms with Gasteiger partial charge in [0.1, 0.15) is 11.5 Å². The van der Waals surface area contributed by atoms with Crippen LogP contribution in [0, 0.1) is 0 Å². The number of rotatable bonds is 8. The predicted octanol–water partition coefficient (Wildman–Crippen LogP) is 3.64. The first-order valence-corrected chi connectivity index (χ1v) is 9.41. The molecule has 1 heterocycles. The second kappa shape index (κ2) is 9.23. The number of carboxylic acid groups (broad SMARTS) is 1. The van der Waals surface area contributed by atoms with Crippen molar-refractivity contribution in [2.45, 2.75) is 31.7 Å². The first kappa shape index (κ1) is 20.4. The van der Waals surface area contributed by atoms with Gasteiger partial charge in [-0.2, -0.15) is 5.10 Å². The van der Waals surface area contributed by atoms with Crippen molar-refractivity contribution in [3.63, 3.8) is 0 Å². The van der Waals surface area contributed by atoms with Crippen molar-refractivity contribution in [3.8, 4) is 11.5 Å². The van der Waals surface area contributed by atoms with Gasteiger partial charge in [-0.15, -0.1) is 0 Å². The Hall–Kier alpha value is -3.35. The minimum absolute atomic E-state index is 0.0398. The number of nitrogens with zero attached hydrogens (tertiary/aromatic N) is 2. The van der Waals surface area contributed by atoms with Crippen LogP contribution >= 0.6 is 0 Å². The maximum atomic E-state index is 12.8. The van der Waals surface area contributed by atoms with Crippen molar-refractivity contribution < 1.29 is 24.2 Å². The molecule has 0 aromatic heterocycles. The van der Waals surface area contributed by atoms with E-state index in [2.05, 4.69) is 5.10 Å². The lowest BCUT2D eigenvalue weighted by molar-refractivity contribution is -0.137. The SMILES string of the molecule is COc1ccc(C2=NN(C(=O)CCCC(=O)O)C(c3ccc(OC)cc3)C2)cc1. The van der Waals surface area contributed by atoms with Crippen LogP contribution in [0.25, 0.3) is 0 Å². The standard InChI is InChI=1S/C22H24N2O5/c1-28-17-10-6-15(7-11-17)19-14-20(16-8-12-18(29-2)13-9-16)24(23-19)21(25)4-3-5-22(26)27/h6-13,20H,3-5,14H2,1-2H3,(H,26,27). The molecule has 152 valence electrons. The van der Waals surface area contributed by atoms with Gasteiger partial charge < -0.3 is 14.6 Å². The lowest BCUT2D eigenvalue weighted by atomic mass is 9.98. The van der Waals surface area contributed by atoms with Crippen LogP contribution in [0.1, 0.15) is 42.9 Å². The molecule has 0 saturated heterocycles. The molecular weight excluding hydrogens is 372 g/mol. The van der Waals surface area contributed by atoms with Crippen LogP contribution in [-0.4, -0.2) is 41.9 Å². The highest BCUT2D eigenvalue weighted by Crippen LogP contribution is 2.34. The first-order valence-electron chi connectivity index (χ1n) is 9.41. The van der Waals surface area contributed by atoms with E-state index in [9.17, 15) is 9.59 Å². The summed E-state index contributed by atoms with van der Waals surface area (Å²) in [7, 11) is 3.22. The number of ether oxygens (including phenoxy) is 2. The number of aliphatic carboxylic acids is 1. The lowest BCUT2D eigenvalue weighted by Crippen LogP contribution is -2.27. The number of carbonyl (C=O) groups excluding carboxylic acids is 1. The van der Waals surface area contributed by atoms with E-state index < -0.39 is 5.97 Å². The summed E-state index contributed by atoms with van der Waals surface area (Å²) in [6.45, 7) is 0. The molecule has 0 spiro atoms. The van der Waals surface area contributed by atoms with Gasteiger partial charge in [-0.1, -0.05) is 12.1 Å². The van der Waals surface area contributed by atoms with Crippen molar-refractivity contribution in [1.82, 2.24) is 5.01 Å². The monoisotopic (exact) mass is 396 g/mol. The second-order valence-corrected chi connectivity index (χ2v) is 6.75. The van der Waals surface area contributed by atoms with Crippen molar-refractivity contribution in [1.29, 1.82) is 0 Å². The highest BCUT2D eigenvalue weighted by atomic mass is 16.5. The van der Waals surface area contributed by atoms with E-state index in [1.165, 1.54) is 5.01 Å². The van der Waals surface area contributed by atoms with E-state index in [1.54, 1.807) is 14.2 Å². The molecule has 0 saturated carbocycles. The molecule has 7 nitrogen and oxygen atoms in total. The highest BCUT2D eigenvalue weighted by Gasteiger charge is 2.32. The molecule has 1 aliphatic rings. The Bertz CT molecular complexity index is 890. The van der Waals surface area contributed by atoms with Crippen molar-refractivity contribution in [3.05, 3.63) is 59.7 Å². The molecule has 0 fully saturated rings. The zero-order chi connectivity index (χ0) is 20.8. The molecule has 1 N–H and O–H groups in total. The maximum Gasteiger partial charge on any atom is 0.303 e. The average molecular weight is 396 g/mol. The molecule has 0 aliphatic carbocycles. The summed E-state index contributed by atoms with van der Waals surface area (Å²) in [4.78, 5) is 23.6. The van der Waals surface area contributed by atoms with Gasteiger partial charge in [-0.3, -0.25) is 9.59 Å². The number of hydrogen-bond acceptors (Lipinski definition) is 5. The molecule has 1 aliphatic heterocycles. The van der Waals surface area contributed by atoms with Gasteiger partial charge in [-0.25, -0.2) is 5.01 Å². The molecule has 0 radical (unpaired) electrons. The molecular formula is C22H24N2O5. The van der Waals surface area contributed by atoms with Gasteiger partial charge in [0, 0.05) is 19.3 Å². The summed E-state index contributed by atoms with van der Waals surface area (Å²) in [6, 6.07) is 14.9. The fraction of sp³-hybridized carbons (Fsp3) is 0.318. The number of benzene rings is 2. The third kappa shape index (κ3) is 4.93. The van der Waals surface area contributed by atoms with Gasteiger partial charge in [0.05, 0.1) is 26.0 Å². The normalized spacial score (nSPS) is 15.7. The van der Waals surface area contributed by atoms with Crippen molar-refractivity contribution in [2.75, 3.05) is 14.2 Å².